The van der Waals surface area contributed by atoms with Gasteiger partial charge in [-0.2, -0.15) is 0 Å². The Morgan fingerprint density at radius 3 is 2.22 bits per heavy atom. The number of carbonyl (C=O) groups excluding carboxylic acids is 3. The van der Waals surface area contributed by atoms with Crippen LogP contribution in [0.1, 0.15) is 50.4 Å². The summed E-state index contributed by atoms with van der Waals surface area (Å²) in [6, 6.07) is 13.9. The third kappa shape index (κ3) is 8.79. The van der Waals surface area contributed by atoms with E-state index in [2.05, 4.69) is 5.32 Å². The molecule has 0 bridgehead atoms. The number of hydrogen-bond acceptors (Lipinski definition) is 6. The fourth-order valence-electron chi connectivity index (χ4n) is 2.87. The minimum absolute atomic E-state index is 0.0710. The fraction of sp³-hybridized carbons (Fsp3) is 0.400. The molecule has 0 radical (unpaired) electrons. The van der Waals surface area contributed by atoms with Crippen molar-refractivity contribution >= 4 is 23.3 Å². The lowest BCUT2D eigenvalue weighted by molar-refractivity contribution is -0.142. The van der Waals surface area contributed by atoms with Crippen molar-refractivity contribution in [3.8, 4) is 11.5 Å². The van der Waals surface area contributed by atoms with Crippen LogP contribution in [-0.2, 0) is 14.3 Å². The summed E-state index contributed by atoms with van der Waals surface area (Å²) in [5, 5.41) is 2.79. The second-order valence-electron chi connectivity index (χ2n) is 7.64. The smallest absolute Gasteiger partial charge is 0.306 e. The molecule has 0 saturated heterocycles. The van der Waals surface area contributed by atoms with Crippen molar-refractivity contribution in [3.63, 3.8) is 0 Å². The van der Waals surface area contributed by atoms with Crippen molar-refractivity contribution in [2.24, 2.45) is 5.92 Å². The molecule has 0 fully saturated rings. The topological polar surface area (TPSA) is 90.9 Å². The van der Waals surface area contributed by atoms with Crippen LogP contribution in [-0.4, -0.2) is 37.5 Å². The predicted molar refractivity (Wildman–Crippen MR) is 122 cm³/mol. The first-order chi connectivity index (χ1) is 15.4. The first-order valence-electron chi connectivity index (χ1n) is 10.8. The minimum Gasteiger partial charge on any atom is -0.490 e. The predicted octanol–water partition coefficient (Wildman–Crippen LogP) is 4.66. The fourth-order valence-corrected chi connectivity index (χ4v) is 2.87. The molecule has 7 heteroatoms. The quantitative estimate of drug-likeness (QED) is 0.276. The van der Waals surface area contributed by atoms with Crippen LogP contribution in [0.15, 0.2) is 48.5 Å². The second-order valence-corrected chi connectivity index (χ2v) is 7.64. The zero-order chi connectivity index (χ0) is 23.3. The molecule has 32 heavy (non-hydrogen) atoms. The molecule has 0 atom stereocenters. The third-order valence-electron chi connectivity index (χ3n) is 4.38. The highest BCUT2D eigenvalue weighted by atomic mass is 16.5. The van der Waals surface area contributed by atoms with Crippen LogP contribution in [0.3, 0.4) is 0 Å². The Hall–Kier alpha value is -3.35. The van der Waals surface area contributed by atoms with Gasteiger partial charge in [0.05, 0.1) is 13.2 Å². The summed E-state index contributed by atoms with van der Waals surface area (Å²) in [5.41, 5.74) is 1.03. The van der Waals surface area contributed by atoms with Gasteiger partial charge in [-0.25, -0.2) is 0 Å². The SMILES string of the molecule is CCOc1ccccc1OCCCC(=O)OCC(=O)c1ccc(NC(=O)CC(C)C)cc1. The second kappa shape index (κ2) is 13.1. The average molecular weight is 442 g/mol. The molecule has 0 unspecified atom stereocenters. The number of benzene rings is 2. The molecule has 0 heterocycles. The van der Waals surface area contributed by atoms with Crippen molar-refractivity contribution in [1.29, 1.82) is 0 Å². The Morgan fingerprint density at radius 2 is 1.59 bits per heavy atom. The molecule has 0 aliphatic rings. The highest BCUT2D eigenvalue weighted by Crippen LogP contribution is 2.26. The van der Waals surface area contributed by atoms with Gasteiger partial charge in [0, 0.05) is 24.1 Å². The molecule has 0 aromatic heterocycles. The molecule has 0 aliphatic carbocycles. The van der Waals surface area contributed by atoms with Gasteiger partial charge >= 0.3 is 5.97 Å². The molecular weight excluding hydrogens is 410 g/mol. The van der Waals surface area contributed by atoms with E-state index in [1.165, 1.54) is 0 Å². The van der Waals surface area contributed by atoms with Gasteiger partial charge in [0.1, 0.15) is 0 Å². The summed E-state index contributed by atoms with van der Waals surface area (Å²) in [7, 11) is 0. The summed E-state index contributed by atoms with van der Waals surface area (Å²) >= 11 is 0. The number of ether oxygens (including phenoxy) is 3. The van der Waals surface area contributed by atoms with E-state index in [4.69, 9.17) is 14.2 Å². The van der Waals surface area contributed by atoms with E-state index in [9.17, 15) is 14.4 Å². The van der Waals surface area contributed by atoms with Gasteiger partial charge in [-0.1, -0.05) is 26.0 Å². The van der Waals surface area contributed by atoms with Crippen LogP contribution in [0.4, 0.5) is 5.69 Å². The van der Waals surface area contributed by atoms with E-state index in [1.54, 1.807) is 24.3 Å². The highest BCUT2D eigenvalue weighted by Gasteiger charge is 2.11. The van der Waals surface area contributed by atoms with Crippen LogP contribution in [0.25, 0.3) is 0 Å². The Morgan fingerprint density at radius 1 is 0.938 bits per heavy atom. The van der Waals surface area contributed by atoms with Crippen molar-refractivity contribution in [2.45, 2.75) is 40.0 Å². The number of rotatable bonds is 13. The lowest BCUT2D eigenvalue weighted by Crippen LogP contribution is -2.15. The number of ketones is 1. The molecule has 0 aliphatic heterocycles. The maximum Gasteiger partial charge on any atom is 0.306 e. The summed E-state index contributed by atoms with van der Waals surface area (Å²) in [6.45, 7) is 6.38. The number of esters is 1. The van der Waals surface area contributed by atoms with E-state index in [0.29, 0.717) is 48.8 Å². The Balaban J connectivity index is 1.69. The average Bonchev–Trinajstić information content (AvgIpc) is 2.76. The number of para-hydroxylation sites is 2. The summed E-state index contributed by atoms with van der Waals surface area (Å²) in [4.78, 5) is 36.0. The number of carbonyl (C=O) groups is 3. The van der Waals surface area contributed by atoms with Gasteiger partial charge in [0.15, 0.2) is 23.9 Å². The van der Waals surface area contributed by atoms with Gasteiger partial charge in [-0.15, -0.1) is 0 Å². The molecule has 7 nitrogen and oxygen atoms in total. The third-order valence-corrected chi connectivity index (χ3v) is 4.38. The van der Waals surface area contributed by atoms with Crippen molar-refractivity contribution in [3.05, 3.63) is 54.1 Å². The molecule has 1 amide bonds. The van der Waals surface area contributed by atoms with E-state index < -0.39 is 5.97 Å². The molecule has 2 aromatic rings. The van der Waals surface area contributed by atoms with Crippen molar-refractivity contribution in [1.82, 2.24) is 0 Å². The number of amides is 1. The van der Waals surface area contributed by atoms with Gasteiger partial charge in [0.2, 0.25) is 5.91 Å². The zero-order valence-corrected chi connectivity index (χ0v) is 18.9. The molecule has 172 valence electrons. The summed E-state index contributed by atoms with van der Waals surface area (Å²) in [5.74, 6) is 0.717. The first-order valence-corrected chi connectivity index (χ1v) is 10.8. The van der Waals surface area contributed by atoms with E-state index in [-0.39, 0.29) is 30.6 Å². The highest BCUT2D eigenvalue weighted by molar-refractivity contribution is 5.98. The summed E-state index contributed by atoms with van der Waals surface area (Å²) < 4.78 is 16.2. The normalized spacial score (nSPS) is 10.5. The van der Waals surface area contributed by atoms with E-state index >= 15 is 0 Å². The number of nitrogens with one attached hydrogen (secondary N) is 1. The lowest BCUT2D eigenvalue weighted by atomic mass is 10.1. The molecular formula is C25H31NO6. The van der Waals surface area contributed by atoms with E-state index in [0.717, 1.165) is 0 Å². The maximum atomic E-state index is 12.2. The Bertz CT molecular complexity index is 892. The van der Waals surface area contributed by atoms with Crippen LogP contribution in [0, 0.1) is 5.92 Å². The van der Waals surface area contributed by atoms with Gasteiger partial charge in [0.25, 0.3) is 0 Å². The molecule has 0 spiro atoms. The zero-order valence-electron chi connectivity index (χ0n) is 18.9. The molecule has 1 N–H and O–H groups in total. The summed E-state index contributed by atoms with van der Waals surface area (Å²) in [6.07, 6.45) is 1.03. The molecule has 0 saturated carbocycles. The van der Waals surface area contributed by atoms with Crippen molar-refractivity contribution in [2.75, 3.05) is 25.1 Å². The molecule has 2 rings (SSSR count). The number of hydrogen-bond donors (Lipinski definition) is 1. The number of Topliss-reactive ketones (excluding diaryl/α,β-unsaturated/α-hetero) is 1. The maximum absolute atomic E-state index is 12.2. The Labute approximate surface area is 189 Å². The van der Waals surface area contributed by atoms with Gasteiger partial charge in [-0.05, 0) is 55.7 Å². The number of anilines is 1. The van der Waals surface area contributed by atoms with Crippen LogP contribution in [0.5, 0.6) is 11.5 Å². The lowest BCUT2D eigenvalue weighted by Gasteiger charge is -2.11. The van der Waals surface area contributed by atoms with E-state index in [1.807, 2.05) is 45.0 Å². The monoisotopic (exact) mass is 441 g/mol. The standard InChI is InChI=1S/C25H31NO6/c1-4-30-22-8-5-6-9-23(22)31-15-7-10-25(29)32-17-21(27)19-11-13-20(14-12-19)26-24(28)16-18(2)3/h5-6,8-9,11-14,18H,4,7,10,15-17H2,1-3H3,(H,26,28). The minimum atomic E-state index is -0.461. The largest absolute Gasteiger partial charge is 0.490 e. The van der Waals surface area contributed by atoms with Crippen LogP contribution < -0.4 is 14.8 Å². The van der Waals surface area contributed by atoms with Gasteiger partial charge < -0.3 is 19.5 Å². The Kier molecular flexibility index (Phi) is 10.2. The van der Waals surface area contributed by atoms with Crippen LogP contribution in [0.2, 0.25) is 0 Å². The molecule has 2 aromatic carbocycles. The first kappa shape index (κ1) is 24.9. The van der Waals surface area contributed by atoms with Crippen molar-refractivity contribution < 1.29 is 28.6 Å². The van der Waals surface area contributed by atoms with Crippen LogP contribution >= 0.6 is 0 Å². The van der Waals surface area contributed by atoms with Gasteiger partial charge in [-0.3, -0.25) is 14.4 Å².